The molecule has 0 saturated carbocycles. The van der Waals surface area contributed by atoms with Gasteiger partial charge in [-0.1, -0.05) is 156 Å². The summed E-state index contributed by atoms with van der Waals surface area (Å²) in [6.07, 6.45) is 36.1. The highest BCUT2D eigenvalue weighted by Gasteiger charge is 2.17. The predicted molar refractivity (Wildman–Crippen MR) is 238 cm³/mol. The summed E-state index contributed by atoms with van der Waals surface area (Å²) in [6.45, 7) is 16.3. The van der Waals surface area contributed by atoms with E-state index in [-0.39, 0.29) is 12.0 Å². The van der Waals surface area contributed by atoms with Gasteiger partial charge in [-0.3, -0.25) is 0 Å². The van der Waals surface area contributed by atoms with Gasteiger partial charge in [0.1, 0.15) is 12.1 Å². The number of aliphatic hydroxyl groups is 1. The fourth-order valence-electron chi connectivity index (χ4n) is 7.67. The molecule has 0 aromatic carbocycles. The van der Waals surface area contributed by atoms with Crippen molar-refractivity contribution in [3.05, 3.63) is 18.2 Å². The number of aliphatic hydroxyl groups excluding tert-OH is 1. The molecule has 4 atom stereocenters. The monoisotopic (exact) mass is 808 g/mol. The summed E-state index contributed by atoms with van der Waals surface area (Å²) in [5.74, 6) is 0.750. The van der Waals surface area contributed by atoms with Gasteiger partial charge >= 0.3 is 0 Å². The van der Waals surface area contributed by atoms with E-state index in [0.29, 0.717) is 58.6 Å². The molecule has 1 rings (SSSR count). The van der Waals surface area contributed by atoms with Crippen LogP contribution < -0.4 is 0 Å². The minimum Gasteiger partial charge on any atom is -0.378 e. The Morgan fingerprint density at radius 1 is 0.632 bits per heavy atom. The molecule has 0 radical (unpaired) electrons. The molecule has 1 heterocycles. The zero-order chi connectivity index (χ0) is 41.4. The van der Waals surface area contributed by atoms with Gasteiger partial charge in [0.05, 0.1) is 51.2 Å². The lowest BCUT2D eigenvalue weighted by Crippen LogP contribution is -2.36. The molecule has 57 heavy (non-hydrogen) atoms. The van der Waals surface area contributed by atoms with Crippen LogP contribution in [0.25, 0.3) is 0 Å². The Bertz CT molecular complexity index is 980. The standard InChI is InChI=1S/C48H93N3O6/c1-6-10-14-18-20-24-29-46(27-22-16-12-8-3)55-38-37-54-43-45(42-52)41-50(33-26-34-51-36-32-49-44(51)5)35-31-48(53)57-40-39-56-47(28-23-17-13-9-4)30-25-21-19-15-11-7-2/h32,36,42,45-48,53H,6-31,33-35,37-41,43H2,1-5H3. The Kier molecular flexibility index (Phi) is 37.7. The largest absolute Gasteiger partial charge is 0.378 e. The van der Waals surface area contributed by atoms with Crippen LogP contribution in [-0.4, -0.2) is 97.0 Å². The second-order valence-electron chi connectivity index (χ2n) is 16.7. The Hall–Kier alpha value is -1.36. The molecule has 0 spiro atoms. The highest BCUT2D eigenvalue weighted by atomic mass is 16.6. The zero-order valence-electron chi connectivity index (χ0n) is 38.1. The lowest BCUT2D eigenvalue weighted by molar-refractivity contribution is -0.125. The van der Waals surface area contributed by atoms with Gasteiger partial charge in [0, 0.05) is 38.4 Å². The second-order valence-corrected chi connectivity index (χ2v) is 16.7. The summed E-state index contributed by atoms with van der Waals surface area (Å²) in [7, 11) is 0. The molecule has 9 heteroatoms. The number of ether oxygens (including phenoxy) is 4. The summed E-state index contributed by atoms with van der Waals surface area (Å²) in [5, 5.41) is 10.8. The van der Waals surface area contributed by atoms with Crippen molar-refractivity contribution in [1.82, 2.24) is 14.5 Å². The predicted octanol–water partition coefficient (Wildman–Crippen LogP) is 11.7. The van der Waals surface area contributed by atoms with E-state index in [2.05, 4.69) is 42.1 Å². The summed E-state index contributed by atoms with van der Waals surface area (Å²) in [5.41, 5.74) is 0. The van der Waals surface area contributed by atoms with E-state index in [1.807, 2.05) is 19.3 Å². The highest BCUT2D eigenvalue weighted by molar-refractivity contribution is 5.53. The van der Waals surface area contributed by atoms with Crippen LogP contribution in [-0.2, 0) is 30.3 Å². The number of rotatable bonds is 45. The first-order valence-corrected chi connectivity index (χ1v) is 24.2. The fraction of sp³-hybridized carbons (Fsp3) is 0.917. The highest BCUT2D eigenvalue weighted by Crippen LogP contribution is 2.18. The Morgan fingerprint density at radius 2 is 1.11 bits per heavy atom. The van der Waals surface area contributed by atoms with Gasteiger partial charge in [0.15, 0.2) is 6.29 Å². The lowest BCUT2D eigenvalue weighted by Gasteiger charge is -2.26. The van der Waals surface area contributed by atoms with Crippen LogP contribution in [0.3, 0.4) is 0 Å². The van der Waals surface area contributed by atoms with Crippen LogP contribution in [0, 0.1) is 12.8 Å². The molecule has 336 valence electrons. The van der Waals surface area contributed by atoms with Gasteiger partial charge in [0.2, 0.25) is 0 Å². The number of carbonyl (C=O) groups is 1. The molecule has 0 bridgehead atoms. The molecule has 0 fully saturated rings. The van der Waals surface area contributed by atoms with Crippen molar-refractivity contribution in [3.8, 4) is 0 Å². The Balaban J connectivity index is 2.57. The van der Waals surface area contributed by atoms with Gasteiger partial charge in [0.25, 0.3) is 0 Å². The van der Waals surface area contributed by atoms with Gasteiger partial charge in [-0.05, 0) is 45.6 Å². The number of aldehydes is 1. The van der Waals surface area contributed by atoms with Crippen molar-refractivity contribution in [2.24, 2.45) is 5.92 Å². The minimum atomic E-state index is -0.872. The maximum absolute atomic E-state index is 12.3. The molecule has 0 amide bonds. The van der Waals surface area contributed by atoms with Gasteiger partial charge in [-0.15, -0.1) is 0 Å². The zero-order valence-corrected chi connectivity index (χ0v) is 38.1. The number of hydrogen-bond donors (Lipinski definition) is 1. The van der Waals surface area contributed by atoms with Crippen LogP contribution >= 0.6 is 0 Å². The van der Waals surface area contributed by atoms with Crippen LogP contribution in [0.5, 0.6) is 0 Å². The molecule has 0 saturated heterocycles. The number of aryl methyl sites for hydroxylation is 2. The molecule has 0 aliphatic carbocycles. The van der Waals surface area contributed by atoms with Crippen molar-refractivity contribution in [1.29, 1.82) is 0 Å². The summed E-state index contributed by atoms with van der Waals surface area (Å²) >= 11 is 0. The van der Waals surface area contributed by atoms with E-state index in [0.717, 1.165) is 57.3 Å². The maximum atomic E-state index is 12.3. The smallest absolute Gasteiger partial charge is 0.155 e. The molecular weight excluding hydrogens is 715 g/mol. The molecular formula is C48H93N3O6. The number of nitrogens with zero attached hydrogens (tertiary/aromatic N) is 3. The molecule has 1 aromatic rings. The molecule has 0 aliphatic rings. The van der Waals surface area contributed by atoms with Crippen molar-refractivity contribution < 1.29 is 28.8 Å². The van der Waals surface area contributed by atoms with Crippen LogP contribution in [0.2, 0.25) is 0 Å². The van der Waals surface area contributed by atoms with E-state index in [1.54, 1.807) is 0 Å². The fourth-order valence-corrected chi connectivity index (χ4v) is 7.67. The van der Waals surface area contributed by atoms with Crippen molar-refractivity contribution in [2.75, 3.05) is 52.7 Å². The Morgan fingerprint density at radius 3 is 1.60 bits per heavy atom. The third-order valence-electron chi connectivity index (χ3n) is 11.4. The number of imidazole rings is 1. The normalized spacial score (nSPS) is 14.0. The first-order chi connectivity index (χ1) is 28.0. The topological polar surface area (TPSA) is 95.3 Å². The van der Waals surface area contributed by atoms with E-state index < -0.39 is 6.29 Å². The van der Waals surface area contributed by atoms with Gasteiger partial charge in [-0.2, -0.15) is 0 Å². The number of aromatic nitrogens is 2. The Labute approximate surface area is 352 Å². The average molecular weight is 808 g/mol. The van der Waals surface area contributed by atoms with E-state index in [9.17, 15) is 9.90 Å². The summed E-state index contributed by atoms with van der Waals surface area (Å²) < 4.78 is 26.7. The quantitative estimate of drug-likeness (QED) is 0.0395. The number of carbonyl (C=O) groups excluding carboxylic acids is 1. The van der Waals surface area contributed by atoms with Crippen molar-refractivity contribution in [2.45, 2.75) is 227 Å². The number of unbranched alkanes of at least 4 members (excludes halogenated alkanes) is 16. The second kappa shape index (κ2) is 40.1. The molecule has 1 aromatic heterocycles. The summed E-state index contributed by atoms with van der Waals surface area (Å²) in [4.78, 5) is 18.9. The third kappa shape index (κ3) is 32.1. The van der Waals surface area contributed by atoms with Crippen molar-refractivity contribution >= 4 is 6.29 Å². The maximum Gasteiger partial charge on any atom is 0.155 e. The van der Waals surface area contributed by atoms with Gasteiger partial charge < -0.3 is 38.3 Å². The van der Waals surface area contributed by atoms with E-state index >= 15 is 0 Å². The molecule has 0 aliphatic heterocycles. The molecule has 4 unspecified atom stereocenters. The molecule has 1 N–H and O–H groups in total. The first kappa shape index (κ1) is 53.7. The average Bonchev–Trinajstić information content (AvgIpc) is 3.63. The first-order valence-electron chi connectivity index (χ1n) is 24.2. The van der Waals surface area contributed by atoms with E-state index in [4.69, 9.17) is 18.9 Å². The number of hydrogen-bond acceptors (Lipinski definition) is 8. The lowest BCUT2D eigenvalue weighted by atomic mass is 10.0. The minimum absolute atomic E-state index is 0.250. The van der Waals surface area contributed by atoms with Crippen LogP contribution in [0.1, 0.15) is 200 Å². The van der Waals surface area contributed by atoms with Gasteiger partial charge in [-0.25, -0.2) is 4.98 Å². The SMILES string of the molecule is CCCCCCCCC(CCCCCC)OCCOCC(C=O)CN(CCCn1ccnc1C)CCC(O)OCCOC(CCCCCC)CCCCCCCC. The van der Waals surface area contributed by atoms with E-state index in [1.165, 1.54) is 128 Å². The van der Waals surface area contributed by atoms with Crippen LogP contribution in [0.4, 0.5) is 0 Å². The summed E-state index contributed by atoms with van der Waals surface area (Å²) in [6, 6.07) is 0. The van der Waals surface area contributed by atoms with Crippen molar-refractivity contribution in [3.63, 3.8) is 0 Å². The third-order valence-corrected chi connectivity index (χ3v) is 11.4. The molecule has 9 nitrogen and oxygen atoms in total. The van der Waals surface area contributed by atoms with Crippen LogP contribution in [0.15, 0.2) is 12.4 Å².